The summed E-state index contributed by atoms with van der Waals surface area (Å²) in [5, 5.41) is 0. The topological polar surface area (TPSA) is 68.3 Å². The van der Waals surface area contributed by atoms with Gasteiger partial charge < -0.3 is 7.43 Å². The first-order chi connectivity index (χ1) is 20.6. The molecule has 4 aromatic carbocycles. The second kappa shape index (κ2) is 24.4. The molecule has 0 spiro atoms. The smallest absolute Gasteiger partial charge is 0.159 e. The third kappa shape index (κ3) is 17.9. The van der Waals surface area contributed by atoms with Crippen molar-refractivity contribution in [2.75, 3.05) is 6.26 Å². The first kappa shape index (κ1) is 48.7. The van der Waals surface area contributed by atoms with Gasteiger partial charge in [0.15, 0.2) is 17.3 Å². The molecule has 0 atom stereocenters. The minimum Gasteiger partial charge on any atom is -0.358 e. The van der Waals surface area contributed by atoms with Gasteiger partial charge in [-0.15, -0.1) is 24.4 Å². The van der Waals surface area contributed by atoms with Crippen LogP contribution in [0, 0.1) is 47.0 Å². The normalized spacial score (nSPS) is 9.09. The van der Waals surface area contributed by atoms with E-state index in [-0.39, 0.29) is 76.5 Å². The molecular weight excluding hydrogens is 704 g/mol. The molecule has 8 heteroatoms. The Balaban J connectivity index is -0.000000539. The van der Waals surface area contributed by atoms with E-state index >= 15 is 0 Å². The zero-order valence-electron chi connectivity index (χ0n) is 28.4. The summed E-state index contributed by atoms with van der Waals surface area (Å²) in [6, 6.07) is 24.0. The Hall–Kier alpha value is -2.71. The van der Waals surface area contributed by atoms with Crippen molar-refractivity contribution in [2.45, 2.75) is 72.6 Å². The van der Waals surface area contributed by atoms with Crippen LogP contribution >= 0.6 is 24.4 Å². The maximum atomic E-state index is 12.7. The predicted octanol–water partition coefficient (Wildman–Crippen LogP) is 10.8. The molecule has 0 unspecified atom stereocenters. The summed E-state index contributed by atoms with van der Waals surface area (Å²) in [6.45, 7) is 13.7. The Bertz CT molecular complexity index is 1570. The summed E-state index contributed by atoms with van der Waals surface area (Å²) in [5.74, 6) is 0.0346. The van der Waals surface area contributed by atoms with Gasteiger partial charge in [0, 0.05) is 59.2 Å². The third-order valence-electron chi connectivity index (χ3n) is 6.32. The quantitative estimate of drug-likeness (QED) is 0.0952. The van der Waals surface area contributed by atoms with Crippen LogP contribution in [0.15, 0.2) is 82.6 Å². The van der Waals surface area contributed by atoms with Crippen molar-refractivity contribution in [1.82, 2.24) is 0 Å². The van der Waals surface area contributed by atoms with Crippen molar-refractivity contribution in [3.8, 4) is 0 Å². The van der Waals surface area contributed by atoms with Crippen LogP contribution in [0.25, 0.3) is 0 Å². The van der Waals surface area contributed by atoms with Crippen LogP contribution in [0.3, 0.4) is 0 Å². The number of ketones is 4. The van der Waals surface area contributed by atoms with Gasteiger partial charge in [-0.1, -0.05) is 32.0 Å². The number of halogens is 1. The maximum Gasteiger partial charge on any atom is 0.159 e. The molecule has 0 aromatic heterocycles. The number of benzene rings is 4. The van der Waals surface area contributed by atoms with Crippen LogP contribution in [0.1, 0.15) is 98.8 Å². The van der Waals surface area contributed by atoms with Crippen molar-refractivity contribution in [3.63, 3.8) is 0 Å². The van der Waals surface area contributed by atoms with Crippen LogP contribution in [0.5, 0.6) is 0 Å². The number of carbonyl (C=O) groups excluding carboxylic acids is 4. The molecule has 47 heavy (non-hydrogen) atoms. The van der Waals surface area contributed by atoms with Crippen LogP contribution < -0.4 is 0 Å². The van der Waals surface area contributed by atoms with E-state index in [0.29, 0.717) is 11.1 Å². The van der Waals surface area contributed by atoms with Gasteiger partial charge >= 0.3 is 0 Å². The third-order valence-corrected chi connectivity index (χ3v) is 7.72. The van der Waals surface area contributed by atoms with Gasteiger partial charge in [0.25, 0.3) is 0 Å². The Morgan fingerprint density at radius 3 is 1.40 bits per heavy atom. The molecule has 0 fully saturated rings. The molecule has 0 saturated heterocycles. The number of aryl methyl sites for hydroxylation is 4. The summed E-state index contributed by atoms with van der Waals surface area (Å²) in [5.41, 5.74) is 6.60. The second-order valence-electron chi connectivity index (χ2n) is 10.1. The molecule has 1 radical (unpaired) electrons. The largest absolute Gasteiger partial charge is 0.358 e. The average molecular weight is 752 g/mol. The van der Waals surface area contributed by atoms with Gasteiger partial charge in [-0.05, 0) is 114 Å². The summed E-state index contributed by atoms with van der Waals surface area (Å²) in [7, 11) is 0. The predicted molar refractivity (Wildman–Crippen MR) is 196 cm³/mol. The Morgan fingerprint density at radius 2 is 1.04 bits per heavy atom. The average Bonchev–Trinajstić information content (AvgIpc) is 2.96. The van der Waals surface area contributed by atoms with Gasteiger partial charge in [-0.2, -0.15) is 29.8 Å². The van der Waals surface area contributed by atoms with E-state index in [1.165, 1.54) is 29.5 Å². The number of hydrogen-bond acceptors (Lipinski definition) is 6. The SMILES string of the molecule is C.CC(=O)c1cc[c-]c(C)c1.CC(=O)c1ccc(F)c(C)c1.CC(=O)c1ccc(S)c(C)c1.CSc1ccc(C(C)=O)cc1C.[CH3-].[Y]. The van der Waals surface area contributed by atoms with Gasteiger partial charge in [-0.25, -0.2) is 4.39 Å². The first-order valence-electron chi connectivity index (χ1n) is 13.8. The van der Waals surface area contributed by atoms with Crippen LogP contribution in [0.4, 0.5) is 4.39 Å². The van der Waals surface area contributed by atoms with E-state index < -0.39 is 0 Å². The van der Waals surface area contributed by atoms with E-state index in [4.69, 9.17) is 0 Å². The monoisotopic (exact) mass is 751 g/mol. The summed E-state index contributed by atoms with van der Waals surface area (Å²) in [4.78, 5) is 45.6. The molecule has 4 aromatic rings. The Morgan fingerprint density at radius 1 is 0.638 bits per heavy atom. The van der Waals surface area contributed by atoms with Crippen molar-refractivity contribution < 1.29 is 56.3 Å². The molecule has 4 rings (SSSR count). The van der Waals surface area contributed by atoms with Gasteiger partial charge in [-0.3, -0.25) is 19.2 Å². The number of hydrogen-bond donors (Lipinski definition) is 1. The standard InChI is InChI=1S/C10H12OS.C9H9FO.C9H10OS.C9H9O.CH4.CH3.Y/c1-7-6-9(8(2)11)4-5-10(7)12-3;1-6-5-8(7(2)11)3-4-9(6)10;1-6-5-8(7(2)10)3-4-9(6)11;1-7-4-3-5-9(6-7)8(2)10;;;/h4-6H,1-3H3;3-5H,1-2H3;3-5,11H,1-2H3;3,5-6H,1-2H3;1H4;1H3;/q;;;-1;;-1;. The molecule has 0 amide bonds. The first-order valence-corrected chi connectivity index (χ1v) is 15.5. The molecule has 0 saturated carbocycles. The molecule has 0 N–H and O–H groups in total. The molecule has 0 heterocycles. The number of rotatable bonds is 5. The maximum absolute atomic E-state index is 12.7. The molecule has 0 aliphatic carbocycles. The number of Topliss-reactive ketones (excluding diaryl/α,β-unsaturated/α-hetero) is 4. The van der Waals surface area contributed by atoms with Gasteiger partial charge in [0.2, 0.25) is 0 Å². The second-order valence-corrected chi connectivity index (χ2v) is 11.5. The molecular formula is C39H47FO4S2Y-2. The Kier molecular flexibility index (Phi) is 25.3. The minimum absolute atomic E-state index is 0. The fourth-order valence-electron chi connectivity index (χ4n) is 3.64. The molecule has 0 bridgehead atoms. The van der Waals surface area contributed by atoms with Crippen LogP contribution in [-0.2, 0) is 32.7 Å². The summed E-state index contributed by atoms with van der Waals surface area (Å²) in [6.07, 6.45) is 2.04. The van der Waals surface area contributed by atoms with Crippen molar-refractivity contribution in [3.05, 3.63) is 137 Å². The van der Waals surface area contributed by atoms with E-state index in [2.05, 4.69) is 18.7 Å². The van der Waals surface area contributed by atoms with E-state index in [1.807, 2.05) is 63.4 Å². The molecule has 0 aliphatic rings. The number of thioether (sulfide) groups is 1. The molecule has 0 aliphatic heterocycles. The Labute approximate surface area is 317 Å². The zero-order chi connectivity index (χ0) is 33.6. The van der Waals surface area contributed by atoms with E-state index in [1.54, 1.807) is 63.7 Å². The van der Waals surface area contributed by atoms with Crippen LogP contribution in [-0.4, -0.2) is 29.4 Å². The van der Waals surface area contributed by atoms with Crippen molar-refractivity contribution >= 4 is 47.5 Å². The van der Waals surface area contributed by atoms with Crippen molar-refractivity contribution in [1.29, 1.82) is 0 Å². The minimum atomic E-state index is -0.269. The number of thiol groups is 1. The van der Waals surface area contributed by atoms with E-state index in [0.717, 1.165) is 32.7 Å². The number of carbonyl (C=O) groups is 4. The van der Waals surface area contributed by atoms with Gasteiger partial charge in [0.1, 0.15) is 11.6 Å². The van der Waals surface area contributed by atoms with Crippen LogP contribution in [0.2, 0.25) is 0 Å². The summed E-state index contributed by atoms with van der Waals surface area (Å²) >= 11 is 5.91. The van der Waals surface area contributed by atoms with E-state index in [9.17, 15) is 23.6 Å². The van der Waals surface area contributed by atoms with Gasteiger partial charge in [0.05, 0.1) is 0 Å². The fourth-order valence-corrected chi connectivity index (χ4v) is 4.36. The fraction of sp³-hybridized carbons (Fsp3) is 0.256. The molecule has 251 valence electrons. The zero-order valence-corrected chi connectivity index (χ0v) is 32.9. The summed E-state index contributed by atoms with van der Waals surface area (Å²) < 4.78 is 12.7. The van der Waals surface area contributed by atoms with Crippen molar-refractivity contribution in [2.24, 2.45) is 0 Å². The molecule has 4 nitrogen and oxygen atoms in total.